The lowest BCUT2D eigenvalue weighted by molar-refractivity contribution is 0.152. The lowest BCUT2D eigenvalue weighted by Crippen LogP contribution is -2.26. The van der Waals surface area contributed by atoms with E-state index in [4.69, 9.17) is 15.1 Å². The highest BCUT2D eigenvalue weighted by atomic mass is 16.5. The van der Waals surface area contributed by atoms with E-state index in [2.05, 4.69) is 11.0 Å². The van der Waals surface area contributed by atoms with Gasteiger partial charge in [0.1, 0.15) is 6.07 Å². The van der Waals surface area contributed by atoms with Crippen LogP contribution >= 0.6 is 0 Å². The molecule has 1 saturated heterocycles. The highest BCUT2D eigenvalue weighted by molar-refractivity contribution is 5.60. The topological polar surface area (TPSA) is 56.5 Å². The second-order valence-corrected chi connectivity index (χ2v) is 4.07. The minimum atomic E-state index is -0.0297. The van der Waals surface area contributed by atoms with Crippen molar-refractivity contribution < 1.29 is 9.84 Å². The van der Waals surface area contributed by atoms with Crippen LogP contribution in [0.4, 0.5) is 5.69 Å². The Hall–Kier alpha value is -1.57. The molecule has 17 heavy (non-hydrogen) atoms. The molecule has 2 rings (SSSR count). The minimum absolute atomic E-state index is 0.0297. The van der Waals surface area contributed by atoms with E-state index >= 15 is 0 Å². The maximum absolute atomic E-state index is 9.15. The van der Waals surface area contributed by atoms with Gasteiger partial charge in [0.15, 0.2) is 0 Å². The van der Waals surface area contributed by atoms with Crippen LogP contribution < -0.4 is 4.90 Å². The van der Waals surface area contributed by atoms with Crippen molar-refractivity contribution in [2.24, 2.45) is 0 Å². The first-order valence-electron chi connectivity index (χ1n) is 5.81. The molecule has 1 heterocycles. The van der Waals surface area contributed by atoms with Crippen LogP contribution in [0.5, 0.6) is 0 Å². The van der Waals surface area contributed by atoms with Crippen LogP contribution in [-0.2, 0) is 11.3 Å². The second-order valence-electron chi connectivity index (χ2n) is 4.07. The third-order valence-corrected chi connectivity index (χ3v) is 2.93. The lowest BCUT2D eigenvalue weighted by Gasteiger charge is -2.23. The van der Waals surface area contributed by atoms with Gasteiger partial charge >= 0.3 is 0 Å². The summed E-state index contributed by atoms with van der Waals surface area (Å²) >= 11 is 0. The van der Waals surface area contributed by atoms with Gasteiger partial charge in [-0.05, 0) is 24.1 Å². The van der Waals surface area contributed by atoms with E-state index < -0.39 is 0 Å². The van der Waals surface area contributed by atoms with Crippen molar-refractivity contribution in [3.8, 4) is 6.07 Å². The van der Waals surface area contributed by atoms with Gasteiger partial charge in [-0.25, -0.2) is 0 Å². The molecular weight excluding hydrogens is 216 g/mol. The highest BCUT2D eigenvalue weighted by Gasteiger charge is 2.13. The quantitative estimate of drug-likeness (QED) is 0.834. The van der Waals surface area contributed by atoms with Crippen LogP contribution in [0.1, 0.15) is 17.5 Å². The molecule has 0 bridgehead atoms. The van der Waals surface area contributed by atoms with E-state index in [1.807, 2.05) is 12.1 Å². The van der Waals surface area contributed by atoms with Gasteiger partial charge in [-0.2, -0.15) is 5.26 Å². The summed E-state index contributed by atoms with van der Waals surface area (Å²) in [5.41, 5.74) is 2.34. The molecule has 0 aromatic heterocycles. The monoisotopic (exact) mass is 232 g/mol. The van der Waals surface area contributed by atoms with E-state index in [-0.39, 0.29) is 6.61 Å². The Morgan fingerprint density at radius 2 is 2.24 bits per heavy atom. The number of nitriles is 1. The fraction of sp³-hybridized carbons (Fsp3) is 0.462. The number of hydrogen-bond donors (Lipinski definition) is 1. The molecule has 0 unspecified atom stereocenters. The average molecular weight is 232 g/mol. The third-order valence-electron chi connectivity index (χ3n) is 2.93. The summed E-state index contributed by atoms with van der Waals surface area (Å²) in [7, 11) is 0. The van der Waals surface area contributed by atoms with Crippen LogP contribution in [-0.4, -0.2) is 31.4 Å². The molecule has 4 heteroatoms. The highest BCUT2D eigenvalue weighted by Crippen LogP contribution is 2.22. The predicted molar refractivity (Wildman–Crippen MR) is 64.7 cm³/mol. The van der Waals surface area contributed by atoms with Crippen LogP contribution in [0.25, 0.3) is 0 Å². The average Bonchev–Trinajstić information content (AvgIpc) is 2.66. The molecule has 1 aromatic rings. The largest absolute Gasteiger partial charge is 0.392 e. The van der Waals surface area contributed by atoms with E-state index in [0.29, 0.717) is 12.2 Å². The zero-order chi connectivity index (χ0) is 12.1. The van der Waals surface area contributed by atoms with Crippen molar-refractivity contribution in [3.05, 3.63) is 29.3 Å². The molecule has 1 aromatic carbocycles. The first-order valence-corrected chi connectivity index (χ1v) is 5.81. The summed E-state index contributed by atoms with van der Waals surface area (Å²) < 4.78 is 5.40. The van der Waals surface area contributed by atoms with Gasteiger partial charge in [0.25, 0.3) is 0 Å². The maximum Gasteiger partial charge on any atom is 0.101 e. The number of rotatable bonds is 2. The SMILES string of the molecule is N#Cc1cc(CO)ccc1N1CCCOCC1. The van der Waals surface area contributed by atoms with Crippen LogP contribution in [0, 0.1) is 11.3 Å². The van der Waals surface area contributed by atoms with Crippen molar-refractivity contribution in [1.82, 2.24) is 0 Å². The fourth-order valence-corrected chi connectivity index (χ4v) is 2.03. The number of ether oxygens (including phenoxy) is 1. The molecule has 0 spiro atoms. The van der Waals surface area contributed by atoms with Crippen molar-refractivity contribution in [2.75, 3.05) is 31.2 Å². The molecular formula is C13H16N2O2. The normalized spacial score (nSPS) is 16.4. The van der Waals surface area contributed by atoms with E-state index in [0.717, 1.165) is 37.4 Å². The molecule has 0 amide bonds. The third kappa shape index (κ3) is 2.76. The Kier molecular flexibility index (Phi) is 3.97. The minimum Gasteiger partial charge on any atom is -0.392 e. The van der Waals surface area contributed by atoms with Crippen molar-refractivity contribution >= 4 is 5.69 Å². The predicted octanol–water partition coefficient (Wildman–Crippen LogP) is 1.28. The molecule has 1 aliphatic heterocycles. The molecule has 1 fully saturated rings. The number of nitrogens with zero attached hydrogens (tertiary/aromatic N) is 2. The number of hydrogen-bond acceptors (Lipinski definition) is 4. The van der Waals surface area contributed by atoms with Crippen LogP contribution in [0.15, 0.2) is 18.2 Å². The van der Waals surface area contributed by atoms with Gasteiger partial charge in [-0.3, -0.25) is 0 Å². The number of aliphatic hydroxyl groups is 1. The number of benzene rings is 1. The Morgan fingerprint density at radius 3 is 3.00 bits per heavy atom. The Labute approximate surface area is 101 Å². The summed E-state index contributed by atoms with van der Waals surface area (Å²) in [6, 6.07) is 7.72. The number of anilines is 1. The zero-order valence-corrected chi connectivity index (χ0v) is 9.72. The molecule has 0 atom stereocenters. The second kappa shape index (κ2) is 5.67. The molecule has 1 aliphatic rings. The molecule has 4 nitrogen and oxygen atoms in total. The van der Waals surface area contributed by atoms with Crippen molar-refractivity contribution in [3.63, 3.8) is 0 Å². The lowest BCUT2D eigenvalue weighted by atomic mass is 10.1. The van der Waals surface area contributed by atoms with E-state index in [1.54, 1.807) is 6.07 Å². The van der Waals surface area contributed by atoms with Crippen LogP contribution in [0.2, 0.25) is 0 Å². The van der Waals surface area contributed by atoms with Gasteiger partial charge in [0.05, 0.1) is 24.5 Å². The summed E-state index contributed by atoms with van der Waals surface area (Å²) in [5, 5.41) is 18.2. The fourth-order valence-electron chi connectivity index (χ4n) is 2.03. The smallest absolute Gasteiger partial charge is 0.101 e. The van der Waals surface area contributed by atoms with Gasteiger partial charge in [-0.15, -0.1) is 0 Å². The molecule has 90 valence electrons. The Bertz CT molecular complexity index is 418. The van der Waals surface area contributed by atoms with Gasteiger partial charge in [0.2, 0.25) is 0 Å². The molecule has 1 N–H and O–H groups in total. The van der Waals surface area contributed by atoms with Crippen molar-refractivity contribution in [1.29, 1.82) is 5.26 Å². The van der Waals surface area contributed by atoms with Gasteiger partial charge in [0, 0.05) is 19.7 Å². The maximum atomic E-state index is 9.15. The molecule has 0 aliphatic carbocycles. The van der Waals surface area contributed by atoms with E-state index in [1.165, 1.54) is 0 Å². The summed E-state index contributed by atoms with van der Waals surface area (Å²) in [6.07, 6.45) is 0.979. The Balaban J connectivity index is 2.27. The van der Waals surface area contributed by atoms with Crippen LogP contribution in [0.3, 0.4) is 0 Å². The first kappa shape index (κ1) is 11.9. The molecule has 0 saturated carbocycles. The van der Waals surface area contributed by atoms with Gasteiger partial charge in [-0.1, -0.05) is 6.07 Å². The van der Waals surface area contributed by atoms with Crippen molar-refractivity contribution in [2.45, 2.75) is 13.0 Å². The summed E-state index contributed by atoms with van der Waals surface area (Å²) in [4.78, 5) is 2.17. The Morgan fingerprint density at radius 1 is 1.35 bits per heavy atom. The van der Waals surface area contributed by atoms with E-state index in [9.17, 15) is 0 Å². The zero-order valence-electron chi connectivity index (χ0n) is 9.72. The standard InChI is InChI=1S/C13H16N2O2/c14-9-12-8-11(10-16)2-3-13(12)15-4-1-6-17-7-5-15/h2-3,8,16H,1,4-7,10H2. The number of aliphatic hydroxyl groups excluding tert-OH is 1. The summed E-state index contributed by atoms with van der Waals surface area (Å²) in [6.45, 7) is 3.18. The summed E-state index contributed by atoms with van der Waals surface area (Å²) in [5.74, 6) is 0. The van der Waals surface area contributed by atoms with Gasteiger partial charge < -0.3 is 14.7 Å². The molecule has 0 radical (unpaired) electrons. The first-order chi connectivity index (χ1) is 8.35.